The summed E-state index contributed by atoms with van der Waals surface area (Å²) in [6.45, 7) is 2.84. The zero-order valence-electron chi connectivity index (χ0n) is 11.7. The zero-order valence-corrected chi connectivity index (χ0v) is 13.3. The van der Waals surface area contributed by atoms with Crippen LogP contribution in [0.3, 0.4) is 0 Å². The van der Waals surface area contributed by atoms with Crippen LogP contribution < -0.4 is 11.1 Å². The lowest BCUT2D eigenvalue weighted by molar-refractivity contribution is 1.10. The van der Waals surface area contributed by atoms with Crippen molar-refractivity contribution in [2.75, 3.05) is 11.1 Å². The molecule has 0 spiro atoms. The molecule has 1 aromatic carbocycles. The summed E-state index contributed by atoms with van der Waals surface area (Å²) in [7, 11) is 0. The SMILES string of the molecule is CCc1cnc(CNc2snc(N)c2-c2ccccc2)s1. The van der Waals surface area contributed by atoms with Crippen molar-refractivity contribution in [1.29, 1.82) is 0 Å². The molecule has 0 atom stereocenters. The Morgan fingerprint density at radius 2 is 2.05 bits per heavy atom. The van der Waals surface area contributed by atoms with Crippen molar-refractivity contribution >= 4 is 33.7 Å². The highest BCUT2D eigenvalue weighted by Gasteiger charge is 2.13. The third-order valence-corrected chi connectivity index (χ3v) is 5.09. The largest absolute Gasteiger partial charge is 0.382 e. The Labute approximate surface area is 131 Å². The number of anilines is 2. The number of nitrogens with two attached hydrogens (primary N) is 1. The molecule has 0 aliphatic rings. The van der Waals surface area contributed by atoms with Crippen molar-refractivity contribution in [2.24, 2.45) is 0 Å². The summed E-state index contributed by atoms with van der Waals surface area (Å²) in [5, 5.41) is 5.48. The van der Waals surface area contributed by atoms with E-state index >= 15 is 0 Å². The molecule has 2 aromatic heterocycles. The second-order valence-electron chi connectivity index (χ2n) is 4.57. The van der Waals surface area contributed by atoms with Gasteiger partial charge in [0.15, 0.2) is 0 Å². The quantitative estimate of drug-likeness (QED) is 0.746. The summed E-state index contributed by atoms with van der Waals surface area (Å²) >= 11 is 3.13. The van der Waals surface area contributed by atoms with Crippen molar-refractivity contribution in [3.63, 3.8) is 0 Å². The summed E-state index contributed by atoms with van der Waals surface area (Å²) in [4.78, 5) is 5.72. The van der Waals surface area contributed by atoms with Crippen molar-refractivity contribution in [3.8, 4) is 11.1 Å². The molecule has 0 bridgehead atoms. The van der Waals surface area contributed by atoms with Crippen LogP contribution in [0.15, 0.2) is 36.5 Å². The van der Waals surface area contributed by atoms with E-state index in [-0.39, 0.29) is 0 Å². The molecule has 0 aliphatic heterocycles. The first-order valence-corrected chi connectivity index (χ1v) is 8.35. The number of aryl methyl sites for hydroxylation is 1. The first-order valence-electron chi connectivity index (χ1n) is 6.76. The van der Waals surface area contributed by atoms with Gasteiger partial charge in [-0.05, 0) is 23.5 Å². The topological polar surface area (TPSA) is 63.8 Å². The molecule has 0 saturated heterocycles. The number of hydrogen-bond acceptors (Lipinski definition) is 6. The monoisotopic (exact) mass is 316 g/mol. The molecule has 4 nitrogen and oxygen atoms in total. The summed E-state index contributed by atoms with van der Waals surface area (Å²) in [5.74, 6) is 0.571. The highest BCUT2D eigenvalue weighted by atomic mass is 32.1. The summed E-state index contributed by atoms with van der Waals surface area (Å²) in [5.41, 5.74) is 8.08. The average molecular weight is 316 g/mol. The van der Waals surface area contributed by atoms with E-state index in [4.69, 9.17) is 5.73 Å². The lowest BCUT2D eigenvalue weighted by atomic mass is 10.1. The molecule has 3 aromatic rings. The van der Waals surface area contributed by atoms with Crippen molar-refractivity contribution in [2.45, 2.75) is 19.9 Å². The predicted octanol–water partition coefficient (Wildman–Crippen LogP) is 4.02. The Kier molecular flexibility index (Phi) is 4.17. The third kappa shape index (κ3) is 3.06. The predicted molar refractivity (Wildman–Crippen MR) is 90.8 cm³/mol. The van der Waals surface area contributed by atoms with Crippen LogP contribution in [-0.4, -0.2) is 9.36 Å². The number of rotatable bonds is 5. The minimum atomic E-state index is 0.571. The van der Waals surface area contributed by atoms with Gasteiger partial charge in [0.05, 0.1) is 12.1 Å². The molecule has 0 radical (unpaired) electrons. The van der Waals surface area contributed by atoms with E-state index in [1.54, 1.807) is 11.3 Å². The first-order chi connectivity index (χ1) is 10.3. The highest BCUT2D eigenvalue weighted by Crippen LogP contribution is 2.36. The van der Waals surface area contributed by atoms with Crippen molar-refractivity contribution in [3.05, 3.63) is 46.4 Å². The first kappa shape index (κ1) is 14.0. The van der Waals surface area contributed by atoms with E-state index < -0.39 is 0 Å². The van der Waals surface area contributed by atoms with Crippen molar-refractivity contribution in [1.82, 2.24) is 9.36 Å². The lowest BCUT2D eigenvalue weighted by Crippen LogP contribution is -1.98. The molecule has 3 rings (SSSR count). The van der Waals surface area contributed by atoms with E-state index in [9.17, 15) is 0 Å². The number of nitrogen functional groups attached to an aromatic ring is 1. The minimum absolute atomic E-state index is 0.571. The minimum Gasteiger partial charge on any atom is -0.382 e. The van der Waals surface area contributed by atoms with Crippen LogP contribution in [0.5, 0.6) is 0 Å². The van der Waals surface area contributed by atoms with E-state index in [0.29, 0.717) is 12.4 Å². The number of thiazole rings is 1. The fourth-order valence-electron chi connectivity index (χ4n) is 2.06. The van der Waals surface area contributed by atoms with Gasteiger partial charge in [-0.1, -0.05) is 37.3 Å². The maximum Gasteiger partial charge on any atom is 0.147 e. The van der Waals surface area contributed by atoms with Gasteiger partial charge in [-0.25, -0.2) is 4.98 Å². The van der Waals surface area contributed by atoms with Gasteiger partial charge in [0.2, 0.25) is 0 Å². The van der Waals surface area contributed by atoms with Crippen LogP contribution in [0.1, 0.15) is 16.8 Å². The van der Waals surface area contributed by atoms with Gasteiger partial charge in [0, 0.05) is 11.1 Å². The van der Waals surface area contributed by atoms with Crippen LogP contribution >= 0.6 is 22.9 Å². The van der Waals surface area contributed by atoms with Crippen LogP contribution in [-0.2, 0) is 13.0 Å². The number of nitrogens with zero attached hydrogens (tertiary/aromatic N) is 2. The average Bonchev–Trinajstić information content (AvgIpc) is 3.12. The highest BCUT2D eigenvalue weighted by molar-refractivity contribution is 7.12. The Morgan fingerprint density at radius 1 is 1.24 bits per heavy atom. The van der Waals surface area contributed by atoms with E-state index in [1.165, 1.54) is 16.4 Å². The second-order valence-corrected chi connectivity index (χ2v) is 6.54. The van der Waals surface area contributed by atoms with Gasteiger partial charge in [0.1, 0.15) is 15.8 Å². The maximum atomic E-state index is 6.01. The van der Waals surface area contributed by atoms with Gasteiger partial charge in [-0.2, -0.15) is 4.37 Å². The van der Waals surface area contributed by atoms with E-state index in [1.807, 2.05) is 36.5 Å². The molecular weight excluding hydrogens is 300 g/mol. The third-order valence-electron chi connectivity index (χ3n) is 3.13. The summed E-state index contributed by atoms with van der Waals surface area (Å²) in [6.07, 6.45) is 2.97. The molecule has 108 valence electrons. The van der Waals surface area contributed by atoms with Crippen LogP contribution in [0.2, 0.25) is 0 Å². The summed E-state index contributed by atoms with van der Waals surface area (Å²) in [6, 6.07) is 10.1. The van der Waals surface area contributed by atoms with Crippen molar-refractivity contribution < 1.29 is 0 Å². The molecule has 21 heavy (non-hydrogen) atoms. The Hall–Kier alpha value is -1.92. The molecule has 0 amide bonds. The Balaban J connectivity index is 1.80. The maximum absolute atomic E-state index is 6.01. The number of benzene rings is 1. The second kappa shape index (κ2) is 6.24. The number of nitrogens with one attached hydrogen (secondary N) is 1. The smallest absolute Gasteiger partial charge is 0.147 e. The Morgan fingerprint density at radius 3 is 2.76 bits per heavy atom. The standard InChI is InChI=1S/C15H16N4S2/c1-2-11-8-17-12(20-11)9-18-15-13(14(16)19-21-15)10-6-4-3-5-7-10/h3-8,18H,2,9H2,1H3,(H2,16,19). The molecule has 0 saturated carbocycles. The van der Waals surface area contributed by atoms with Gasteiger partial charge in [-0.3, -0.25) is 0 Å². The molecule has 0 unspecified atom stereocenters. The van der Waals surface area contributed by atoms with Gasteiger partial charge in [0.25, 0.3) is 0 Å². The van der Waals surface area contributed by atoms with Gasteiger partial charge < -0.3 is 11.1 Å². The lowest BCUT2D eigenvalue weighted by Gasteiger charge is -2.05. The van der Waals surface area contributed by atoms with Crippen LogP contribution in [0.25, 0.3) is 11.1 Å². The van der Waals surface area contributed by atoms with Crippen LogP contribution in [0, 0.1) is 0 Å². The Bertz CT molecular complexity index is 718. The fraction of sp³-hybridized carbons (Fsp3) is 0.200. The van der Waals surface area contributed by atoms with E-state index in [0.717, 1.165) is 27.6 Å². The van der Waals surface area contributed by atoms with Crippen LogP contribution in [0.4, 0.5) is 10.8 Å². The van der Waals surface area contributed by atoms with Gasteiger partial charge >= 0.3 is 0 Å². The molecule has 3 N–H and O–H groups in total. The van der Waals surface area contributed by atoms with Gasteiger partial charge in [-0.15, -0.1) is 11.3 Å². The molecular formula is C15H16N4S2. The normalized spacial score (nSPS) is 10.7. The molecule has 0 aliphatic carbocycles. The number of hydrogen-bond donors (Lipinski definition) is 2. The zero-order chi connectivity index (χ0) is 14.7. The fourth-order valence-corrected chi connectivity index (χ4v) is 3.59. The molecule has 6 heteroatoms. The summed E-state index contributed by atoms with van der Waals surface area (Å²) < 4.78 is 4.27. The number of aromatic nitrogens is 2. The molecule has 2 heterocycles. The molecule has 0 fully saturated rings. The van der Waals surface area contributed by atoms with E-state index in [2.05, 4.69) is 21.6 Å².